The van der Waals surface area contributed by atoms with Gasteiger partial charge in [0.05, 0.1) is 12.2 Å². The number of benzene rings is 1. The molecule has 4 nitrogen and oxygen atoms in total. The number of phenols is 1. The summed E-state index contributed by atoms with van der Waals surface area (Å²) in [6.45, 7) is 13.6. The zero-order valence-corrected chi connectivity index (χ0v) is 22.1. The minimum Gasteiger partial charge on any atom is -0.508 e. The van der Waals surface area contributed by atoms with Crippen molar-refractivity contribution >= 4 is 8.32 Å². The molecule has 1 aliphatic carbocycles. The maximum absolute atomic E-state index is 10.5. The average Bonchev–Trinajstić information content (AvgIpc) is 3.01. The van der Waals surface area contributed by atoms with E-state index in [2.05, 4.69) is 46.9 Å². The van der Waals surface area contributed by atoms with Crippen molar-refractivity contribution in [3.05, 3.63) is 42.0 Å². The first kappa shape index (κ1) is 27.1. The molecule has 0 heterocycles. The molecule has 0 aliphatic heterocycles. The van der Waals surface area contributed by atoms with Crippen LogP contribution in [0.1, 0.15) is 65.4 Å². The number of hydrogen-bond acceptors (Lipinski definition) is 4. The lowest BCUT2D eigenvalue weighted by molar-refractivity contribution is 0.146. The molecule has 182 valence electrons. The van der Waals surface area contributed by atoms with Crippen LogP contribution in [-0.2, 0) is 10.8 Å². The molecule has 0 spiro atoms. The number of phenolic OH excluding ortho intramolecular Hbond substituents is 1. The van der Waals surface area contributed by atoms with Crippen molar-refractivity contribution in [3.8, 4) is 5.75 Å². The smallest absolute Gasteiger partial charge is 0.192 e. The lowest BCUT2D eigenvalue weighted by Gasteiger charge is -2.40. The summed E-state index contributed by atoms with van der Waals surface area (Å²) in [6.07, 6.45) is 9.41. The van der Waals surface area contributed by atoms with Gasteiger partial charge in [0.25, 0.3) is 0 Å². The monoisotopic (exact) mass is 462 g/mol. The molecule has 0 aromatic heterocycles. The van der Waals surface area contributed by atoms with Crippen LogP contribution in [0.5, 0.6) is 5.75 Å². The van der Waals surface area contributed by atoms with Gasteiger partial charge in [0.2, 0.25) is 0 Å². The number of aliphatic hydroxyl groups is 2. The lowest BCUT2D eigenvalue weighted by atomic mass is 9.83. The fourth-order valence-corrected chi connectivity index (χ4v) is 5.96. The van der Waals surface area contributed by atoms with Gasteiger partial charge >= 0.3 is 0 Å². The summed E-state index contributed by atoms with van der Waals surface area (Å²) in [5.41, 5.74) is 1.07. The van der Waals surface area contributed by atoms with Gasteiger partial charge < -0.3 is 19.7 Å². The molecule has 32 heavy (non-hydrogen) atoms. The number of unbranched alkanes of at least 4 members (excludes halogenated alkanes) is 2. The maximum Gasteiger partial charge on any atom is 0.192 e. The SMILES string of the molecule is CCCCC[C@H](O)/C=C/[C@H]1C(O[Si](C)(C)C(C)(C)C)C[C@H](CO)[C@@H]1Cc1cccc(O)c1. The van der Waals surface area contributed by atoms with Crippen molar-refractivity contribution in [2.75, 3.05) is 6.61 Å². The van der Waals surface area contributed by atoms with Crippen LogP contribution in [0, 0.1) is 17.8 Å². The third-order valence-electron chi connectivity index (χ3n) is 7.59. The topological polar surface area (TPSA) is 69.9 Å². The Morgan fingerprint density at radius 1 is 1.22 bits per heavy atom. The molecule has 0 saturated heterocycles. The van der Waals surface area contributed by atoms with Gasteiger partial charge in [-0.05, 0) is 66.9 Å². The van der Waals surface area contributed by atoms with E-state index in [0.29, 0.717) is 0 Å². The van der Waals surface area contributed by atoms with Gasteiger partial charge in [0, 0.05) is 12.5 Å². The second-order valence-electron chi connectivity index (χ2n) is 11.2. The van der Waals surface area contributed by atoms with Gasteiger partial charge in [-0.1, -0.05) is 71.2 Å². The highest BCUT2D eigenvalue weighted by Crippen LogP contribution is 2.46. The second kappa shape index (κ2) is 11.8. The summed E-state index contributed by atoms with van der Waals surface area (Å²) in [5.74, 6) is 0.743. The number of aromatic hydroxyl groups is 1. The van der Waals surface area contributed by atoms with Gasteiger partial charge in [0.15, 0.2) is 8.32 Å². The highest BCUT2D eigenvalue weighted by molar-refractivity contribution is 6.74. The van der Waals surface area contributed by atoms with Gasteiger partial charge in [-0.2, -0.15) is 0 Å². The molecule has 2 rings (SSSR count). The normalized spacial score (nSPS) is 25.5. The fourth-order valence-electron chi connectivity index (χ4n) is 4.59. The Morgan fingerprint density at radius 3 is 2.53 bits per heavy atom. The maximum atomic E-state index is 10.5. The Labute approximate surface area is 196 Å². The molecule has 3 N–H and O–H groups in total. The van der Waals surface area contributed by atoms with Crippen LogP contribution in [0.15, 0.2) is 36.4 Å². The summed E-state index contributed by atoms with van der Waals surface area (Å²) >= 11 is 0. The molecule has 0 radical (unpaired) electrons. The van der Waals surface area contributed by atoms with Crippen LogP contribution < -0.4 is 0 Å². The van der Waals surface area contributed by atoms with Crippen molar-refractivity contribution in [1.82, 2.24) is 0 Å². The minimum absolute atomic E-state index is 0.0365. The molecular formula is C27H46O4Si. The van der Waals surface area contributed by atoms with Crippen molar-refractivity contribution < 1.29 is 19.7 Å². The van der Waals surface area contributed by atoms with Crippen LogP contribution in [0.2, 0.25) is 18.1 Å². The summed E-state index contributed by atoms with van der Waals surface area (Å²) in [6, 6.07) is 7.42. The number of rotatable bonds is 11. The van der Waals surface area contributed by atoms with E-state index in [0.717, 1.165) is 44.1 Å². The Morgan fingerprint density at radius 2 is 1.94 bits per heavy atom. The molecule has 0 amide bonds. The Balaban J connectivity index is 2.28. The molecule has 1 saturated carbocycles. The van der Waals surface area contributed by atoms with Crippen LogP contribution in [0.4, 0.5) is 0 Å². The molecule has 5 heteroatoms. The van der Waals surface area contributed by atoms with Crippen molar-refractivity contribution in [1.29, 1.82) is 0 Å². The highest BCUT2D eigenvalue weighted by Gasteiger charge is 2.47. The molecule has 1 aliphatic rings. The summed E-state index contributed by atoms with van der Waals surface area (Å²) < 4.78 is 6.88. The van der Waals surface area contributed by atoms with E-state index in [1.807, 2.05) is 24.3 Å². The van der Waals surface area contributed by atoms with Crippen LogP contribution >= 0.6 is 0 Å². The second-order valence-corrected chi connectivity index (χ2v) is 15.9. The molecule has 1 unspecified atom stereocenters. The summed E-state index contributed by atoms with van der Waals surface area (Å²) in [4.78, 5) is 0. The first-order valence-corrected chi connectivity index (χ1v) is 15.3. The quantitative estimate of drug-likeness (QED) is 0.212. The number of aliphatic hydroxyl groups excluding tert-OH is 2. The van der Waals surface area contributed by atoms with Crippen LogP contribution in [-0.4, -0.2) is 42.5 Å². The molecule has 1 aromatic carbocycles. The summed E-state index contributed by atoms with van der Waals surface area (Å²) in [7, 11) is -1.98. The van der Waals surface area contributed by atoms with E-state index in [1.165, 1.54) is 0 Å². The first-order valence-electron chi connectivity index (χ1n) is 12.4. The van der Waals surface area contributed by atoms with Gasteiger partial charge in [-0.15, -0.1) is 0 Å². The predicted octanol–water partition coefficient (Wildman–Crippen LogP) is 6.07. The zero-order valence-electron chi connectivity index (χ0n) is 21.1. The fraction of sp³-hybridized carbons (Fsp3) is 0.704. The van der Waals surface area contributed by atoms with E-state index in [4.69, 9.17) is 4.43 Å². The highest BCUT2D eigenvalue weighted by atomic mass is 28.4. The third-order valence-corrected chi connectivity index (χ3v) is 12.1. The molecule has 5 atom stereocenters. The third kappa shape index (κ3) is 7.44. The lowest BCUT2D eigenvalue weighted by Crippen LogP contribution is -2.45. The van der Waals surface area contributed by atoms with Crippen LogP contribution in [0.25, 0.3) is 0 Å². The Kier molecular flexibility index (Phi) is 10.0. The minimum atomic E-state index is -1.98. The van der Waals surface area contributed by atoms with Crippen molar-refractivity contribution in [2.45, 2.75) is 96.6 Å². The Bertz CT molecular complexity index is 725. The van der Waals surface area contributed by atoms with Gasteiger partial charge in [-0.3, -0.25) is 0 Å². The number of hydrogen-bond donors (Lipinski definition) is 3. The first-order chi connectivity index (χ1) is 15.0. The summed E-state index contributed by atoms with van der Waals surface area (Å²) in [5, 5.41) is 30.8. The standard InChI is InChI=1S/C27H46O4Si/c1-7-8-9-12-22(29)14-15-24-25(17-20-11-10-13-23(30)16-20)21(19-28)18-26(24)31-32(5,6)27(2,3)4/h10-11,13-16,21-22,24-26,28-30H,7-9,12,17-19H2,1-6H3/b15-14+/t21-,22+,24-,25+,26?/m1/s1. The largest absolute Gasteiger partial charge is 0.508 e. The van der Waals surface area contributed by atoms with E-state index in [9.17, 15) is 15.3 Å². The predicted molar refractivity (Wildman–Crippen MR) is 135 cm³/mol. The average molecular weight is 463 g/mol. The zero-order chi connectivity index (χ0) is 23.9. The van der Waals surface area contributed by atoms with Crippen molar-refractivity contribution in [2.24, 2.45) is 17.8 Å². The van der Waals surface area contributed by atoms with E-state index < -0.39 is 14.4 Å². The van der Waals surface area contributed by atoms with E-state index >= 15 is 0 Å². The van der Waals surface area contributed by atoms with E-state index in [-0.39, 0.29) is 41.3 Å². The van der Waals surface area contributed by atoms with Gasteiger partial charge in [0.1, 0.15) is 5.75 Å². The molecule has 1 aromatic rings. The Hall–Kier alpha value is -1.14. The molecule has 1 fully saturated rings. The molecular weight excluding hydrogens is 416 g/mol. The van der Waals surface area contributed by atoms with Gasteiger partial charge in [-0.25, -0.2) is 0 Å². The van der Waals surface area contributed by atoms with Crippen molar-refractivity contribution in [3.63, 3.8) is 0 Å². The van der Waals surface area contributed by atoms with Crippen LogP contribution in [0.3, 0.4) is 0 Å². The van der Waals surface area contributed by atoms with E-state index in [1.54, 1.807) is 6.07 Å². The molecule has 0 bridgehead atoms.